The minimum atomic E-state index is 1.26. The molecule has 0 saturated carbocycles. The molecule has 0 saturated heterocycles. The minimum Gasteiger partial charge on any atom is -0.469 e. The van der Waals surface area contributed by atoms with Crippen LogP contribution in [0.15, 0.2) is 12.5 Å². The second-order valence-corrected chi connectivity index (χ2v) is 1.03. The molecule has 0 aromatic carbocycles. The molecule has 0 unspecified atom stereocenters. The SMILES string of the molecule is N#CN1[CH]OC=C1. The molecular weight excluding hydrogens is 92.1 g/mol. The van der Waals surface area contributed by atoms with Crippen molar-refractivity contribution in [1.29, 1.82) is 5.26 Å². The Hall–Kier alpha value is -1.17. The third-order valence-corrected chi connectivity index (χ3v) is 0.590. The average Bonchev–Trinajstić information content (AvgIpc) is 2.14. The molecule has 0 aromatic rings. The van der Waals surface area contributed by atoms with Crippen molar-refractivity contribution >= 4 is 0 Å². The highest BCUT2D eigenvalue weighted by molar-refractivity contribution is 4.93. The van der Waals surface area contributed by atoms with Gasteiger partial charge in [0.2, 0.25) is 6.73 Å². The molecule has 0 spiro atoms. The highest BCUT2D eigenvalue weighted by atomic mass is 16.5. The van der Waals surface area contributed by atoms with Crippen molar-refractivity contribution in [3.63, 3.8) is 0 Å². The molecule has 0 amide bonds. The van der Waals surface area contributed by atoms with E-state index < -0.39 is 0 Å². The molecule has 0 aliphatic carbocycles. The summed E-state index contributed by atoms with van der Waals surface area (Å²) in [4.78, 5) is 1.26. The summed E-state index contributed by atoms with van der Waals surface area (Å²) in [5.74, 6) is 0. The first kappa shape index (κ1) is 4.00. The van der Waals surface area contributed by atoms with E-state index in [1.807, 2.05) is 6.19 Å². The number of nitriles is 1. The standard InChI is InChI=1S/C4H3N2O/c5-3-6-1-2-7-4-6/h1-2,4H. The Labute approximate surface area is 41.4 Å². The molecule has 0 aromatic heterocycles. The quantitative estimate of drug-likeness (QED) is 0.408. The first-order valence-corrected chi connectivity index (χ1v) is 1.77. The van der Waals surface area contributed by atoms with Gasteiger partial charge in [0, 0.05) is 0 Å². The monoisotopic (exact) mass is 95.0 g/mol. The number of hydrogen-bond acceptors (Lipinski definition) is 3. The topological polar surface area (TPSA) is 36.3 Å². The molecule has 3 heteroatoms. The molecule has 1 rings (SSSR count). The lowest BCUT2D eigenvalue weighted by Crippen LogP contribution is -1.98. The molecule has 1 aliphatic heterocycles. The summed E-state index contributed by atoms with van der Waals surface area (Å²) in [6.45, 7) is 1.32. The maximum absolute atomic E-state index is 8.08. The fourth-order valence-corrected chi connectivity index (χ4v) is 0.293. The maximum Gasteiger partial charge on any atom is 0.240 e. The van der Waals surface area contributed by atoms with E-state index >= 15 is 0 Å². The molecule has 0 atom stereocenters. The molecule has 1 radical (unpaired) electrons. The van der Waals surface area contributed by atoms with Crippen molar-refractivity contribution in [2.75, 3.05) is 0 Å². The van der Waals surface area contributed by atoms with Crippen LogP contribution in [-0.4, -0.2) is 4.90 Å². The Kier molecular flexibility index (Phi) is 0.868. The van der Waals surface area contributed by atoms with Gasteiger partial charge in [-0.15, -0.1) is 0 Å². The smallest absolute Gasteiger partial charge is 0.240 e. The molecular formula is C4H3N2O. The summed E-state index contributed by atoms with van der Waals surface area (Å²) < 4.78 is 4.55. The van der Waals surface area contributed by atoms with Crippen LogP contribution in [0, 0.1) is 18.2 Å². The van der Waals surface area contributed by atoms with Crippen LogP contribution in [0.5, 0.6) is 0 Å². The van der Waals surface area contributed by atoms with E-state index in [9.17, 15) is 0 Å². The normalized spacial score (nSPS) is 16.1. The van der Waals surface area contributed by atoms with Gasteiger partial charge in [0.15, 0.2) is 6.19 Å². The molecule has 1 heterocycles. The van der Waals surface area contributed by atoms with Crippen molar-refractivity contribution in [2.45, 2.75) is 0 Å². The number of nitrogens with zero attached hydrogens (tertiary/aromatic N) is 2. The van der Waals surface area contributed by atoms with E-state index in [1.54, 1.807) is 0 Å². The summed E-state index contributed by atoms with van der Waals surface area (Å²) >= 11 is 0. The summed E-state index contributed by atoms with van der Waals surface area (Å²) in [5, 5.41) is 8.08. The van der Waals surface area contributed by atoms with Crippen molar-refractivity contribution in [2.24, 2.45) is 0 Å². The zero-order valence-electron chi connectivity index (χ0n) is 3.53. The summed E-state index contributed by atoms with van der Waals surface area (Å²) in [5.41, 5.74) is 0. The number of ether oxygens (including phenoxy) is 1. The van der Waals surface area contributed by atoms with Gasteiger partial charge in [-0.05, 0) is 0 Å². The van der Waals surface area contributed by atoms with Crippen LogP contribution < -0.4 is 0 Å². The predicted molar refractivity (Wildman–Crippen MR) is 22.0 cm³/mol. The van der Waals surface area contributed by atoms with Crippen molar-refractivity contribution in [3.05, 3.63) is 19.2 Å². The van der Waals surface area contributed by atoms with E-state index in [1.165, 1.54) is 24.1 Å². The zero-order valence-corrected chi connectivity index (χ0v) is 3.53. The highest BCUT2D eigenvalue weighted by Crippen LogP contribution is 2.01. The number of rotatable bonds is 0. The van der Waals surface area contributed by atoms with Gasteiger partial charge in [-0.1, -0.05) is 0 Å². The lowest BCUT2D eigenvalue weighted by Gasteiger charge is -1.94. The predicted octanol–water partition coefficient (Wildman–Crippen LogP) is 0.390. The number of hydrogen-bond donors (Lipinski definition) is 0. The van der Waals surface area contributed by atoms with Crippen LogP contribution in [0.1, 0.15) is 0 Å². The summed E-state index contributed by atoms with van der Waals surface area (Å²) in [7, 11) is 0. The molecule has 0 N–H and O–H groups in total. The van der Waals surface area contributed by atoms with E-state index in [2.05, 4.69) is 4.74 Å². The van der Waals surface area contributed by atoms with Crippen molar-refractivity contribution in [3.8, 4) is 6.19 Å². The molecule has 0 bridgehead atoms. The Morgan fingerprint density at radius 3 is 2.86 bits per heavy atom. The maximum atomic E-state index is 8.08. The lowest BCUT2D eigenvalue weighted by molar-refractivity contribution is 0.296. The summed E-state index contributed by atoms with van der Waals surface area (Å²) in [6.07, 6.45) is 4.79. The Balaban J connectivity index is 2.47. The van der Waals surface area contributed by atoms with Gasteiger partial charge in [-0.3, -0.25) is 0 Å². The third-order valence-electron chi connectivity index (χ3n) is 0.590. The van der Waals surface area contributed by atoms with Crippen LogP contribution >= 0.6 is 0 Å². The molecule has 0 fully saturated rings. The zero-order chi connectivity index (χ0) is 5.11. The molecule has 35 valence electrons. The van der Waals surface area contributed by atoms with Gasteiger partial charge in [0.25, 0.3) is 0 Å². The Bertz CT molecular complexity index is 124. The van der Waals surface area contributed by atoms with E-state index in [4.69, 9.17) is 5.26 Å². The van der Waals surface area contributed by atoms with E-state index in [0.29, 0.717) is 0 Å². The Morgan fingerprint density at radius 1 is 1.71 bits per heavy atom. The van der Waals surface area contributed by atoms with Crippen LogP contribution in [0.2, 0.25) is 0 Å². The van der Waals surface area contributed by atoms with E-state index in [-0.39, 0.29) is 0 Å². The second-order valence-electron chi connectivity index (χ2n) is 1.03. The summed E-state index contributed by atoms with van der Waals surface area (Å²) in [6, 6.07) is 0. The van der Waals surface area contributed by atoms with Gasteiger partial charge >= 0.3 is 0 Å². The van der Waals surface area contributed by atoms with Gasteiger partial charge in [-0.25, -0.2) is 4.90 Å². The van der Waals surface area contributed by atoms with Gasteiger partial charge in [0.1, 0.15) is 6.26 Å². The first-order valence-electron chi connectivity index (χ1n) is 1.77. The van der Waals surface area contributed by atoms with Crippen LogP contribution in [0.4, 0.5) is 0 Å². The van der Waals surface area contributed by atoms with Crippen LogP contribution in [0.3, 0.4) is 0 Å². The lowest BCUT2D eigenvalue weighted by atomic mass is 10.8. The Morgan fingerprint density at radius 2 is 2.57 bits per heavy atom. The molecule has 3 nitrogen and oxygen atoms in total. The highest BCUT2D eigenvalue weighted by Gasteiger charge is 2.01. The second kappa shape index (κ2) is 1.52. The van der Waals surface area contributed by atoms with Crippen molar-refractivity contribution < 1.29 is 4.74 Å². The van der Waals surface area contributed by atoms with Crippen LogP contribution in [-0.2, 0) is 4.74 Å². The molecule has 1 aliphatic rings. The minimum absolute atomic E-state index is 1.26. The fourth-order valence-electron chi connectivity index (χ4n) is 0.293. The van der Waals surface area contributed by atoms with E-state index in [0.717, 1.165) is 0 Å². The average molecular weight is 95.1 g/mol. The van der Waals surface area contributed by atoms with Gasteiger partial charge in [0.05, 0.1) is 6.20 Å². The first-order chi connectivity index (χ1) is 3.43. The fraction of sp³-hybridized carbons (Fsp3) is 0. The third kappa shape index (κ3) is 0.631. The molecule has 7 heavy (non-hydrogen) atoms. The van der Waals surface area contributed by atoms with Gasteiger partial charge in [-0.2, -0.15) is 5.26 Å². The van der Waals surface area contributed by atoms with Crippen molar-refractivity contribution in [1.82, 2.24) is 4.90 Å². The van der Waals surface area contributed by atoms with Crippen LogP contribution in [0.25, 0.3) is 0 Å². The largest absolute Gasteiger partial charge is 0.469 e. The van der Waals surface area contributed by atoms with Gasteiger partial charge < -0.3 is 4.74 Å².